The molecule has 0 saturated carbocycles. The Hall–Kier alpha value is -7.04. The van der Waals surface area contributed by atoms with Gasteiger partial charge in [0.15, 0.2) is 11.2 Å². The molecule has 0 aliphatic heterocycles. The van der Waals surface area contributed by atoms with Crippen molar-refractivity contribution in [1.29, 1.82) is 0 Å². The lowest BCUT2D eigenvalue weighted by molar-refractivity contribution is 0.572. The lowest BCUT2D eigenvalue weighted by Gasteiger charge is -2.41. The fraction of sp³-hybridized carbons (Fsp3) is 0.213. The molecule has 0 bridgehead atoms. The van der Waals surface area contributed by atoms with Crippen molar-refractivity contribution in [3.63, 3.8) is 0 Å². The number of para-hydroxylation sites is 5. The maximum absolute atomic E-state index is 7.09. The van der Waals surface area contributed by atoms with Gasteiger partial charge in [-0.2, -0.15) is 0 Å². The first-order valence-corrected chi connectivity index (χ1v) is 23.3. The summed E-state index contributed by atoms with van der Waals surface area (Å²) in [7, 11) is 0. The van der Waals surface area contributed by atoms with Crippen LogP contribution in [0.4, 0.5) is 22.7 Å². The zero-order valence-electron chi connectivity index (χ0n) is 38.3. The van der Waals surface area contributed by atoms with Gasteiger partial charge < -0.3 is 18.6 Å². The second-order valence-electron chi connectivity index (χ2n) is 20.6. The standard InChI is InChI=1S/C61H54N2O2/c1-37-16-11-19-41(36-37)63(53-27-15-23-45-43-21-13-25-49(61(5,6)7)57(43)65-59(45)53)51-35-31-39-28-32-46-50(34-30-38-29-33-47(51)55(39)54(38)46)62(40-17-9-8-10-18-40)52-26-14-22-44-42-20-12-24-48(60(2,3)4)56(42)64-58(44)52/h8-35,37-38,54H,36H2,1-7H3. The van der Waals surface area contributed by atoms with Gasteiger partial charge in [-0.15, -0.1) is 0 Å². The average molecular weight is 847 g/mol. The molecule has 4 nitrogen and oxygen atoms in total. The average Bonchev–Trinajstić information content (AvgIpc) is 3.89. The van der Waals surface area contributed by atoms with Crippen LogP contribution in [0.1, 0.15) is 88.6 Å². The first kappa shape index (κ1) is 39.5. The van der Waals surface area contributed by atoms with E-state index in [0.717, 1.165) is 73.1 Å². The van der Waals surface area contributed by atoms with Gasteiger partial charge in [-0.3, -0.25) is 0 Å². The minimum atomic E-state index is -0.0733. The SMILES string of the molecule is CC1C=CC=C(N(c2ccc3c4c2C=CC2C=CC(N(c5ccccc5)c5cccc6c5oc5c(C(C)(C)C)cccc56)=C(C=C3)C42)c2cccc3c2oc2c(C(C)(C)C)cccc23)C1. The number of rotatable bonds is 6. The molecule has 12 rings (SSSR count). The first-order chi connectivity index (χ1) is 31.4. The number of anilines is 4. The zero-order chi connectivity index (χ0) is 44.4. The van der Waals surface area contributed by atoms with Gasteiger partial charge in [0.25, 0.3) is 0 Å². The van der Waals surface area contributed by atoms with Crippen molar-refractivity contribution < 1.29 is 8.83 Å². The van der Waals surface area contributed by atoms with Crippen molar-refractivity contribution in [2.75, 3.05) is 9.80 Å². The molecule has 0 radical (unpaired) electrons. The molecule has 8 aromatic rings. The molecule has 0 fully saturated rings. The van der Waals surface area contributed by atoms with E-state index in [2.05, 4.69) is 228 Å². The lowest BCUT2D eigenvalue weighted by atomic mass is 9.68. The Bertz CT molecular complexity index is 3460. The van der Waals surface area contributed by atoms with Crippen LogP contribution in [0.15, 0.2) is 184 Å². The van der Waals surface area contributed by atoms with Gasteiger partial charge in [-0.1, -0.05) is 176 Å². The fourth-order valence-electron chi connectivity index (χ4n) is 11.1. The van der Waals surface area contributed by atoms with E-state index in [-0.39, 0.29) is 22.7 Å². The molecule has 3 atom stereocenters. The number of allylic oxidation sites excluding steroid dienone is 9. The molecule has 65 heavy (non-hydrogen) atoms. The number of nitrogens with zero attached hydrogens (tertiary/aromatic N) is 2. The van der Waals surface area contributed by atoms with Gasteiger partial charge in [0.2, 0.25) is 0 Å². The van der Waals surface area contributed by atoms with Crippen LogP contribution in [0, 0.1) is 11.8 Å². The van der Waals surface area contributed by atoms with E-state index in [0.29, 0.717) is 5.92 Å². The Morgan fingerprint density at radius 2 is 1.11 bits per heavy atom. The second-order valence-corrected chi connectivity index (χ2v) is 20.6. The summed E-state index contributed by atoms with van der Waals surface area (Å²) in [6, 6.07) is 42.0. The molecule has 320 valence electrons. The second kappa shape index (κ2) is 14.5. The molecular formula is C61H54N2O2. The third-order valence-electron chi connectivity index (χ3n) is 14.2. The van der Waals surface area contributed by atoms with Gasteiger partial charge in [0, 0.05) is 67.2 Å². The molecule has 0 amide bonds. The van der Waals surface area contributed by atoms with Crippen molar-refractivity contribution in [3.05, 3.63) is 203 Å². The molecule has 0 saturated heterocycles. The predicted octanol–water partition coefficient (Wildman–Crippen LogP) is 17.1. The van der Waals surface area contributed by atoms with Crippen LogP contribution in [-0.4, -0.2) is 0 Å². The first-order valence-electron chi connectivity index (χ1n) is 23.3. The van der Waals surface area contributed by atoms with Gasteiger partial charge in [0.1, 0.15) is 11.2 Å². The van der Waals surface area contributed by atoms with Gasteiger partial charge in [0.05, 0.1) is 17.1 Å². The summed E-state index contributed by atoms with van der Waals surface area (Å²) in [5, 5.41) is 4.57. The Morgan fingerprint density at radius 1 is 0.523 bits per heavy atom. The molecule has 0 spiro atoms. The van der Waals surface area contributed by atoms with E-state index in [1.807, 2.05) is 0 Å². The third kappa shape index (κ3) is 6.17. The predicted molar refractivity (Wildman–Crippen MR) is 273 cm³/mol. The number of fused-ring (bicyclic) bond motifs is 6. The largest absolute Gasteiger partial charge is 0.454 e. The molecule has 2 heterocycles. The summed E-state index contributed by atoms with van der Waals surface area (Å²) < 4.78 is 14.2. The smallest absolute Gasteiger partial charge is 0.159 e. The van der Waals surface area contributed by atoms with Gasteiger partial charge in [-0.25, -0.2) is 0 Å². The number of benzene rings is 6. The monoisotopic (exact) mass is 846 g/mol. The van der Waals surface area contributed by atoms with E-state index in [4.69, 9.17) is 8.83 Å². The van der Waals surface area contributed by atoms with E-state index in [9.17, 15) is 0 Å². The molecule has 2 aromatic heterocycles. The number of hydrogen-bond acceptors (Lipinski definition) is 4. The van der Waals surface area contributed by atoms with Crippen molar-refractivity contribution in [1.82, 2.24) is 0 Å². The summed E-state index contributed by atoms with van der Waals surface area (Å²) in [5.41, 5.74) is 18.0. The molecule has 3 unspecified atom stereocenters. The Morgan fingerprint density at radius 3 is 1.72 bits per heavy atom. The van der Waals surface area contributed by atoms with Crippen LogP contribution >= 0.6 is 0 Å². The Labute approximate surface area is 381 Å². The van der Waals surface area contributed by atoms with Crippen molar-refractivity contribution in [2.45, 2.75) is 71.6 Å². The molecule has 0 N–H and O–H groups in total. The van der Waals surface area contributed by atoms with Crippen LogP contribution in [-0.2, 0) is 10.8 Å². The highest BCUT2D eigenvalue weighted by Crippen LogP contribution is 2.55. The quantitative estimate of drug-likeness (QED) is 0.167. The Kier molecular flexibility index (Phi) is 8.81. The molecular weight excluding hydrogens is 793 g/mol. The van der Waals surface area contributed by atoms with Gasteiger partial charge >= 0.3 is 0 Å². The molecule has 4 heteroatoms. The molecule has 4 aliphatic carbocycles. The number of furan rings is 2. The highest BCUT2D eigenvalue weighted by Gasteiger charge is 2.39. The topological polar surface area (TPSA) is 32.8 Å². The summed E-state index contributed by atoms with van der Waals surface area (Å²) in [6.45, 7) is 15.9. The zero-order valence-corrected chi connectivity index (χ0v) is 38.3. The fourth-order valence-corrected chi connectivity index (χ4v) is 11.1. The van der Waals surface area contributed by atoms with Crippen LogP contribution in [0.25, 0.3) is 56.0 Å². The van der Waals surface area contributed by atoms with E-state index >= 15 is 0 Å². The maximum Gasteiger partial charge on any atom is 0.159 e. The summed E-state index contributed by atoms with van der Waals surface area (Å²) in [4.78, 5) is 4.94. The van der Waals surface area contributed by atoms with E-state index < -0.39 is 0 Å². The summed E-state index contributed by atoms with van der Waals surface area (Å²) in [6.07, 6.45) is 22.1. The third-order valence-corrected chi connectivity index (χ3v) is 14.2. The van der Waals surface area contributed by atoms with Gasteiger partial charge in [-0.05, 0) is 82.4 Å². The van der Waals surface area contributed by atoms with Crippen LogP contribution in [0.5, 0.6) is 0 Å². The van der Waals surface area contributed by atoms with Crippen molar-refractivity contribution in [3.8, 4) is 0 Å². The van der Waals surface area contributed by atoms with Crippen LogP contribution in [0.3, 0.4) is 0 Å². The molecule has 4 aliphatic rings. The summed E-state index contributed by atoms with van der Waals surface area (Å²) in [5.74, 6) is 0.715. The summed E-state index contributed by atoms with van der Waals surface area (Å²) >= 11 is 0. The highest BCUT2D eigenvalue weighted by molar-refractivity contribution is 6.12. The Balaban J connectivity index is 1.06. The van der Waals surface area contributed by atoms with E-state index in [1.54, 1.807) is 0 Å². The van der Waals surface area contributed by atoms with Crippen LogP contribution in [0.2, 0.25) is 0 Å². The normalized spacial score (nSPS) is 18.9. The lowest BCUT2D eigenvalue weighted by Crippen LogP contribution is -2.28. The highest BCUT2D eigenvalue weighted by atomic mass is 16.3. The van der Waals surface area contributed by atoms with E-state index in [1.165, 1.54) is 44.8 Å². The number of hydrogen-bond donors (Lipinski definition) is 0. The van der Waals surface area contributed by atoms with Crippen LogP contribution < -0.4 is 9.80 Å². The minimum Gasteiger partial charge on any atom is -0.454 e. The maximum atomic E-state index is 7.09. The van der Waals surface area contributed by atoms with Crippen molar-refractivity contribution >= 4 is 78.8 Å². The minimum absolute atomic E-state index is 0.0696. The molecule has 6 aromatic carbocycles. The van der Waals surface area contributed by atoms with Crippen molar-refractivity contribution in [2.24, 2.45) is 11.8 Å².